The summed E-state index contributed by atoms with van der Waals surface area (Å²) in [4.78, 5) is 30.5. The smallest absolute Gasteiger partial charge is 0.262 e. The van der Waals surface area contributed by atoms with E-state index in [1.54, 1.807) is 22.8 Å². The first-order chi connectivity index (χ1) is 14.5. The van der Waals surface area contributed by atoms with E-state index < -0.39 is 0 Å². The van der Waals surface area contributed by atoms with Crippen molar-refractivity contribution >= 4 is 44.4 Å². The molecule has 0 N–H and O–H groups in total. The molecule has 6 heteroatoms. The average Bonchev–Trinajstić information content (AvgIpc) is 2.76. The molecule has 0 aliphatic rings. The van der Waals surface area contributed by atoms with E-state index in [9.17, 15) is 9.59 Å². The molecule has 0 saturated carbocycles. The number of ketones is 1. The van der Waals surface area contributed by atoms with Crippen LogP contribution in [0, 0.1) is 6.92 Å². The van der Waals surface area contributed by atoms with Crippen LogP contribution in [0.25, 0.3) is 10.9 Å². The molecule has 0 saturated heterocycles. The molecular weight excluding hydrogens is 460 g/mol. The molecule has 1 aromatic heterocycles. The molecule has 4 rings (SSSR count). The van der Waals surface area contributed by atoms with Crippen molar-refractivity contribution in [2.45, 2.75) is 18.6 Å². The quantitative estimate of drug-likeness (QED) is 0.209. The zero-order valence-corrected chi connectivity index (χ0v) is 18.7. The molecule has 0 fully saturated rings. The number of benzene rings is 3. The number of Topliss-reactive ketones (excluding diaryl/α,β-unsaturated/α-hetero) is 1. The fourth-order valence-electron chi connectivity index (χ4n) is 3.12. The van der Waals surface area contributed by atoms with Crippen LogP contribution in [0.5, 0.6) is 0 Å². The number of halogens is 1. The highest BCUT2D eigenvalue weighted by atomic mass is 79.9. The first-order valence-electron chi connectivity index (χ1n) is 9.48. The van der Waals surface area contributed by atoms with Crippen LogP contribution < -0.4 is 5.56 Å². The van der Waals surface area contributed by atoms with E-state index in [2.05, 4.69) is 15.9 Å². The van der Waals surface area contributed by atoms with Gasteiger partial charge in [0.25, 0.3) is 5.56 Å². The number of nitrogens with zero attached hydrogens (tertiary/aromatic N) is 2. The first kappa shape index (κ1) is 20.6. The van der Waals surface area contributed by atoms with Gasteiger partial charge in [-0.2, -0.15) is 0 Å². The van der Waals surface area contributed by atoms with E-state index in [4.69, 9.17) is 4.98 Å². The van der Waals surface area contributed by atoms with Crippen molar-refractivity contribution in [3.63, 3.8) is 0 Å². The van der Waals surface area contributed by atoms with Crippen molar-refractivity contribution in [2.24, 2.45) is 0 Å². The van der Waals surface area contributed by atoms with Crippen molar-refractivity contribution in [2.75, 3.05) is 5.75 Å². The van der Waals surface area contributed by atoms with Gasteiger partial charge in [0.05, 0.1) is 23.2 Å². The molecule has 4 aromatic rings. The lowest BCUT2D eigenvalue weighted by Crippen LogP contribution is -2.24. The lowest BCUT2D eigenvalue weighted by Gasteiger charge is -2.13. The van der Waals surface area contributed by atoms with Crippen molar-refractivity contribution in [1.82, 2.24) is 9.55 Å². The van der Waals surface area contributed by atoms with Crippen LogP contribution >= 0.6 is 27.7 Å². The molecule has 0 spiro atoms. The highest BCUT2D eigenvalue weighted by molar-refractivity contribution is 9.10. The minimum atomic E-state index is -0.0974. The summed E-state index contributed by atoms with van der Waals surface area (Å²) in [5.74, 6) is 0.206. The fraction of sp³-hybridized carbons (Fsp3) is 0.125. The lowest BCUT2D eigenvalue weighted by atomic mass is 10.1. The first-order valence-corrected chi connectivity index (χ1v) is 11.3. The minimum absolute atomic E-state index is 0.00297. The van der Waals surface area contributed by atoms with Crippen LogP contribution in [0.4, 0.5) is 0 Å². The second kappa shape index (κ2) is 8.98. The molecule has 0 aliphatic heterocycles. The van der Waals surface area contributed by atoms with Crippen LogP contribution in [-0.2, 0) is 6.54 Å². The van der Waals surface area contributed by atoms with Crippen LogP contribution in [0.15, 0.2) is 87.2 Å². The topological polar surface area (TPSA) is 52.0 Å². The van der Waals surface area contributed by atoms with Gasteiger partial charge in [-0.1, -0.05) is 81.8 Å². The van der Waals surface area contributed by atoms with Gasteiger partial charge in [0.15, 0.2) is 10.9 Å². The van der Waals surface area contributed by atoms with Gasteiger partial charge in [0.2, 0.25) is 0 Å². The average molecular weight is 479 g/mol. The number of thioether (sulfide) groups is 1. The molecule has 30 heavy (non-hydrogen) atoms. The highest BCUT2D eigenvalue weighted by Crippen LogP contribution is 2.21. The van der Waals surface area contributed by atoms with Gasteiger partial charge in [-0.05, 0) is 36.8 Å². The Morgan fingerprint density at radius 3 is 2.43 bits per heavy atom. The highest BCUT2D eigenvalue weighted by Gasteiger charge is 2.14. The molecule has 0 aliphatic carbocycles. The summed E-state index contributed by atoms with van der Waals surface area (Å²) >= 11 is 4.68. The number of para-hydroxylation sites is 1. The Morgan fingerprint density at radius 1 is 1.00 bits per heavy atom. The zero-order chi connectivity index (χ0) is 21.1. The number of aryl methyl sites for hydroxylation is 1. The van der Waals surface area contributed by atoms with E-state index in [0.29, 0.717) is 28.2 Å². The molecule has 150 valence electrons. The molecule has 0 unspecified atom stereocenters. The molecule has 0 bridgehead atoms. The molecule has 0 amide bonds. The van der Waals surface area contributed by atoms with E-state index in [1.807, 2.05) is 61.5 Å². The SMILES string of the molecule is Cc1ccc(Cn2c(SCC(=O)c3ccc(Br)cc3)nc3ccccc3c2=O)cc1. The third-order valence-electron chi connectivity index (χ3n) is 4.79. The van der Waals surface area contributed by atoms with Gasteiger partial charge in [0, 0.05) is 10.0 Å². The normalized spacial score (nSPS) is 11.0. The van der Waals surface area contributed by atoms with Gasteiger partial charge in [0.1, 0.15) is 0 Å². The Hall–Kier alpha value is -2.70. The molecular formula is C24H19BrN2O2S. The third-order valence-corrected chi connectivity index (χ3v) is 6.29. The Labute approximate surface area is 187 Å². The number of rotatable bonds is 6. The number of fused-ring (bicyclic) bond motifs is 1. The molecule has 3 aromatic carbocycles. The van der Waals surface area contributed by atoms with Crippen LogP contribution in [0.3, 0.4) is 0 Å². The Morgan fingerprint density at radius 2 is 1.70 bits per heavy atom. The predicted molar refractivity (Wildman–Crippen MR) is 125 cm³/mol. The minimum Gasteiger partial charge on any atom is -0.293 e. The predicted octanol–water partition coefficient (Wildman–Crippen LogP) is 5.49. The Bertz CT molecular complexity index is 1270. The Balaban J connectivity index is 1.68. The van der Waals surface area contributed by atoms with Crippen molar-refractivity contribution in [3.05, 3.63) is 104 Å². The Kier molecular flexibility index (Phi) is 6.16. The van der Waals surface area contributed by atoms with Crippen LogP contribution in [0.1, 0.15) is 21.5 Å². The maximum Gasteiger partial charge on any atom is 0.262 e. The summed E-state index contributed by atoms with van der Waals surface area (Å²) in [6, 6.07) is 22.7. The maximum atomic E-state index is 13.2. The van der Waals surface area contributed by atoms with Crippen molar-refractivity contribution < 1.29 is 4.79 Å². The second-order valence-corrected chi connectivity index (χ2v) is 8.87. The van der Waals surface area contributed by atoms with Gasteiger partial charge >= 0.3 is 0 Å². The summed E-state index contributed by atoms with van der Waals surface area (Å²) in [5, 5.41) is 1.12. The van der Waals surface area contributed by atoms with Gasteiger partial charge in [-0.3, -0.25) is 14.2 Å². The monoisotopic (exact) mass is 478 g/mol. The maximum absolute atomic E-state index is 13.2. The van der Waals surface area contributed by atoms with Crippen LogP contribution in [0.2, 0.25) is 0 Å². The lowest BCUT2D eigenvalue weighted by molar-refractivity contribution is 0.102. The number of hydrogen-bond acceptors (Lipinski definition) is 4. The number of carbonyl (C=O) groups excluding carboxylic acids is 1. The largest absolute Gasteiger partial charge is 0.293 e. The van der Waals surface area contributed by atoms with E-state index in [1.165, 1.54) is 11.8 Å². The molecule has 1 heterocycles. The molecule has 0 radical (unpaired) electrons. The van der Waals surface area contributed by atoms with E-state index in [0.717, 1.165) is 15.6 Å². The number of aromatic nitrogens is 2. The van der Waals surface area contributed by atoms with Crippen molar-refractivity contribution in [3.8, 4) is 0 Å². The van der Waals surface area contributed by atoms with Crippen molar-refractivity contribution in [1.29, 1.82) is 0 Å². The molecule has 0 atom stereocenters. The van der Waals surface area contributed by atoms with E-state index >= 15 is 0 Å². The van der Waals surface area contributed by atoms with E-state index in [-0.39, 0.29) is 17.1 Å². The number of hydrogen-bond donors (Lipinski definition) is 0. The summed E-state index contributed by atoms with van der Waals surface area (Å²) in [5.41, 5.74) is 3.36. The fourth-order valence-corrected chi connectivity index (χ4v) is 4.28. The van der Waals surface area contributed by atoms with Gasteiger partial charge in [-0.15, -0.1) is 0 Å². The summed E-state index contributed by atoms with van der Waals surface area (Å²) in [6.07, 6.45) is 0. The summed E-state index contributed by atoms with van der Waals surface area (Å²) in [7, 11) is 0. The van der Waals surface area contributed by atoms with Gasteiger partial charge in [-0.25, -0.2) is 4.98 Å². The van der Waals surface area contributed by atoms with Crippen LogP contribution in [-0.4, -0.2) is 21.1 Å². The zero-order valence-electron chi connectivity index (χ0n) is 16.3. The molecule has 4 nitrogen and oxygen atoms in total. The second-order valence-electron chi connectivity index (χ2n) is 7.01. The van der Waals surface area contributed by atoms with Gasteiger partial charge < -0.3 is 0 Å². The number of carbonyl (C=O) groups is 1. The standard InChI is InChI=1S/C24H19BrN2O2S/c1-16-6-8-17(9-7-16)14-27-23(29)20-4-2-3-5-21(20)26-24(27)30-15-22(28)18-10-12-19(25)13-11-18/h2-13H,14-15H2,1H3. The summed E-state index contributed by atoms with van der Waals surface area (Å²) < 4.78 is 2.59. The summed E-state index contributed by atoms with van der Waals surface area (Å²) in [6.45, 7) is 2.44. The third kappa shape index (κ3) is 4.55.